The van der Waals surface area contributed by atoms with Crippen molar-refractivity contribution < 1.29 is 13.2 Å². The molecule has 0 bridgehead atoms. The van der Waals surface area contributed by atoms with Crippen LogP contribution in [0.15, 0.2) is 5.03 Å². The van der Waals surface area contributed by atoms with Gasteiger partial charge in [-0.3, -0.25) is 4.68 Å². The van der Waals surface area contributed by atoms with Gasteiger partial charge in [-0.2, -0.15) is 5.10 Å². The van der Waals surface area contributed by atoms with Gasteiger partial charge in [0.25, 0.3) is 10.0 Å². The minimum atomic E-state index is -3.55. The molecule has 1 saturated heterocycles. The van der Waals surface area contributed by atoms with Crippen LogP contribution in [0.2, 0.25) is 0 Å². The maximum Gasteiger partial charge on any atom is 0.258 e. The zero-order chi connectivity index (χ0) is 15.3. The Balaban J connectivity index is 1.87. The summed E-state index contributed by atoms with van der Waals surface area (Å²) in [5.74, 6) is 0. The molecule has 1 unspecified atom stereocenters. The molecule has 7 heteroatoms. The lowest BCUT2D eigenvalue weighted by molar-refractivity contribution is 0.0359. The van der Waals surface area contributed by atoms with E-state index in [-0.39, 0.29) is 11.6 Å². The highest BCUT2D eigenvalue weighted by Gasteiger charge is 2.36. The zero-order valence-electron chi connectivity index (χ0n) is 12.8. The van der Waals surface area contributed by atoms with Crippen LogP contribution >= 0.6 is 0 Å². The van der Waals surface area contributed by atoms with Crippen molar-refractivity contribution in [1.29, 1.82) is 0 Å². The molecule has 3 rings (SSSR count). The summed E-state index contributed by atoms with van der Waals surface area (Å²) in [7, 11) is -1.84. The Hall–Kier alpha value is -0.920. The molecule has 0 saturated carbocycles. The number of aromatic nitrogens is 2. The van der Waals surface area contributed by atoms with E-state index in [0.717, 1.165) is 36.9 Å². The Kier molecular flexibility index (Phi) is 3.62. The fraction of sp³-hybridized carbons (Fsp3) is 0.786. The van der Waals surface area contributed by atoms with Gasteiger partial charge in [-0.1, -0.05) is 0 Å². The number of rotatable bonds is 3. The highest BCUT2D eigenvalue weighted by Crippen LogP contribution is 2.29. The van der Waals surface area contributed by atoms with Crippen LogP contribution in [0.25, 0.3) is 0 Å². The van der Waals surface area contributed by atoms with Crippen LogP contribution in [0, 0.1) is 0 Å². The Morgan fingerprint density at radius 2 is 2.05 bits per heavy atom. The monoisotopic (exact) mass is 313 g/mol. The predicted molar refractivity (Wildman–Crippen MR) is 78.6 cm³/mol. The van der Waals surface area contributed by atoms with Gasteiger partial charge in [-0.05, 0) is 46.0 Å². The van der Waals surface area contributed by atoms with E-state index in [1.54, 1.807) is 7.05 Å². The van der Waals surface area contributed by atoms with Crippen LogP contribution in [0.5, 0.6) is 0 Å². The third-order valence-electron chi connectivity index (χ3n) is 4.25. The van der Waals surface area contributed by atoms with Crippen LogP contribution in [0.3, 0.4) is 0 Å². The average molecular weight is 313 g/mol. The molecule has 2 aliphatic rings. The maximum absolute atomic E-state index is 12.7. The van der Waals surface area contributed by atoms with Crippen LogP contribution in [-0.4, -0.2) is 36.4 Å². The summed E-state index contributed by atoms with van der Waals surface area (Å²) in [5, 5.41) is 4.72. The molecule has 1 N–H and O–H groups in total. The second-order valence-electron chi connectivity index (χ2n) is 6.65. The number of sulfonamides is 1. The fourth-order valence-corrected chi connectivity index (χ4v) is 5.01. The first-order valence-electron chi connectivity index (χ1n) is 7.49. The summed E-state index contributed by atoms with van der Waals surface area (Å²) >= 11 is 0. The number of fused-ring (bicyclic) bond motifs is 1. The standard InChI is InChI=1S/C14H23N3O3S/c1-14(2)8-10(9-20-14)16-21(18,19)13-11-6-4-5-7-12(11)15-17(13)3/h10,16H,4-9H2,1-3H3. The average Bonchev–Trinajstić information content (AvgIpc) is 2.87. The third kappa shape index (κ3) is 2.86. The van der Waals surface area contributed by atoms with Gasteiger partial charge in [-0.15, -0.1) is 0 Å². The van der Waals surface area contributed by atoms with Crippen molar-refractivity contribution in [2.45, 2.75) is 62.6 Å². The number of hydrogen-bond acceptors (Lipinski definition) is 4. The van der Waals surface area contributed by atoms with E-state index in [1.165, 1.54) is 4.68 Å². The zero-order valence-corrected chi connectivity index (χ0v) is 13.7. The van der Waals surface area contributed by atoms with Crippen molar-refractivity contribution >= 4 is 10.0 Å². The second-order valence-corrected chi connectivity index (χ2v) is 8.28. The smallest absolute Gasteiger partial charge is 0.258 e. The molecule has 118 valence electrons. The maximum atomic E-state index is 12.7. The van der Waals surface area contributed by atoms with Crippen LogP contribution < -0.4 is 4.72 Å². The lowest BCUT2D eigenvalue weighted by atomic mass is 9.99. The molecule has 21 heavy (non-hydrogen) atoms. The summed E-state index contributed by atoms with van der Waals surface area (Å²) in [5.41, 5.74) is 1.57. The van der Waals surface area contributed by atoms with E-state index in [9.17, 15) is 8.42 Å². The van der Waals surface area contributed by atoms with E-state index in [4.69, 9.17) is 4.74 Å². The van der Waals surface area contributed by atoms with Crippen molar-refractivity contribution in [3.8, 4) is 0 Å². The van der Waals surface area contributed by atoms with Crippen LogP contribution in [0.4, 0.5) is 0 Å². The van der Waals surface area contributed by atoms with Crippen molar-refractivity contribution in [3.05, 3.63) is 11.3 Å². The predicted octanol–water partition coefficient (Wildman–Crippen LogP) is 1.14. The van der Waals surface area contributed by atoms with E-state index in [0.29, 0.717) is 18.1 Å². The SMILES string of the molecule is Cn1nc2c(c1S(=O)(=O)NC1COC(C)(C)C1)CCCC2. The number of ether oxygens (including phenoxy) is 1. The van der Waals surface area contributed by atoms with Gasteiger partial charge in [-0.25, -0.2) is 13.1 Å². The first-order valence-corrected chi connectivity index (χ1v) is 8.98. The minimum absolute atomic E-state index is 0.167. The number of nitrogens with zero attached hydrogens (tertiary/aromatic N) is 2. The summed E-state index contributed by atoms with van der Waals surface area (Å²) < 4.78 is 35.4. The molecule has 0 aromatic carbocycles. The molecule has 0 radical (unpaired) electrons. The van der Waals surface area contributed by atoms with Crippen LogP contribution in [-0.2, 0) is 34.6 Å². The van der Waals surface area contributed by atoms with E-state index in [1.807, 2.05) is 13.8 Å². The third-order valence-corrected chi connectivity index (χ3v) is 5.91. The van der Waals surface area contributed by atoms with E-state index in [2.05, 4.69) is 9.82 Å². The molecule has 2 heterocycles. The Bertz CT molecular complexity index is 649. The van der Waals surface area contributed by atoms with Crippen molar-refractivity contribution in [2.75, 3.05) is 6.61 Å². The molecule has 1 aliphatic heterocycles. The summed E-state index contributed by atoms with van der Waals surface area (Å²) in [6, 6.07) is -0.167. The lowest BCUT2D eigenvalue weighted by Gasteiger charge is -2.17. The molecule has 1 aliphatic carbocycles. The number of hydrogen-bond donors (Lipinski definition) is 1. The van der Waals surface area contributed by atoms with Gasteiger partial charge >= 0.3 is 0 Å². The summed E-state index contributed by atoms with van der Waals surface area (Å²) in [4.78, 5) is 0. The van der Waals surface area contributed by atoms with Crippen molar-refractivity contribution in [2.24, 2.45) is 7.05 Å². The number of aryl methyl sites for hydroxylation is 2. The Labute approximate surface area is 125 Å². The van der Waals surface area contributed by atoms with Gasteiger partial charge in [0.15, 0.2) is 5.03 Å². The van der Waals surface area contributed by atoms with E-state index >= 15 is 0 Å². The topological polar surface area (TPSA) is 73.2 Å². The first kappa shape index (κ1) is 15.0. The molecule has 0 amide bonds. The number of nitrogens with one attached hydrogen (secondary N) is 1. The van der Waals surface area contributed by atoms with Crippen LogP contribution in [0.1, 0.15) is 44.4 Å². The van der Waals surface area contributed by atoms with Gasteiger partial charge in [0.1, 0.15) is 0 Å². The molecule has 1 fully saturated rings. The Morgan fingerprint density at radius 1 is 1.33 bits per heavy atom. The molecule has 1 aromatic rings. The summed E-state index contributed by atoms with van der Waals surface area (Å²) in [6.07, 6.45) is 4.47. The first-order chi connectivity index (χ1) is 9.78. The second kappa shape index (κ2) is 5.07. The fourth-order valence-electron chi connectivity index (χ4n) is 3.38. The largest absolute Gasteiger partial charge is 0.374 e. The minimum Gasteiger partial charge on any atom is -0.374 e. The van der Waals surface area contributed by atoms with Gasteiger partial charge in [0, 0.05) is 18.7 Å². The van der Waals surface area contributed by atoms with E-state index < -0.39 is 10.0 Å². The lowest BCUT2D eigenvalue weighted by Crippen LogP contribution is -2.37. The van der Waals surface area contributed by atoms with Gasteiger partial charge < -0.3 is 4.74 Å². The molecule has 6 nitrogen and oxygen atoms in total. The summed E-state index contributed by atoms with van der Waals surface area (Å²) in [6.45, 7) is 4.38. The highest BCUT2D eigenvalue weighted by molar-refractivity contribution is 7.89. The van der Waals surface area contributed by atoms with Gasteiger partial charge in [0.05, 0.1) is 17.9 Å². The Morgan fingerprint density at radius 3 is 2.71 bits per heavy atom. The molecule has 1 aromatic heterocycles. The molecular weight excluding hydrogens is 290 g/mol. The molecule has 1 atom stereocenters. The normalized spacial score (nSPS) is 25.0. The molecule has 0 spiro atoms. The van der Waals surface area contributed by atoms with Crippen molar-refractivity contribution in [1.82, 2.24) is 14.5 Å². The highest BCUT2D eigenvalue weighted by atomic mass is 32.2. The molecular formula is C14H23N3O3S. The van der Waals surface area contributed by atoms with Gasteiger partial charge in [0.2, 0.25) is 0 Å². The van der Waals surface area contributed by atoms with Crippen molar-refractivity contribution in [3.63, 3.8) is 0 Å². The quantitative estimate of drug-likeness (QED) is 0.908.